The van der Waals surface area contributed by atoms with Gasteiger partial charge in [0, 0.05) is 12.6 Å². The molecular weight excluding hydrogens is 281 g/mol. The van der Waals surface area contributed by atoms with Crippen LogP contribution in [-0.4, -0.2) is 23.4 Å². The summed E-state index contributed by atoms with van der Waals surface area (Å²) >= 11 is 0. The minimum Gasteiger partial charge on any atom is -0.314 e. The Morgan fingerprint density at radius 3 is 2.33 bits per heavy atom. The van der Waals surface area contributed by atoms with Crippen LogP contribution in [0.25, 0.3) is 0 Å². The molecule has 0 radical (unpaired) electrons. The van der Waals surface area contributed by atoms with Crippen molar-refractivity contribution in [2.45, 2.75) is 58.8 Å². The third kappa shape index (κ3) is 3.41. The van der Waals surface area contributed by atoms with Gasteiger partial charge in [0.2, 0.25) is 0 Å². The zero-order chi connectivity index (χ0) is 15.6. The molecule has 0 bridgehead atoms. The predicted octanol–water partition coefficient (Wildman–Crippen LogP) is 5.10. The number of rotatable bonds is 4. The summed E-state index contributed by atoms with van der Waals surface area (Å²) in [5.41, 5.74) is 1.06. The van der Waals surface area contributed by atoms with Crippen LogP contribution >= 0.6 is 7.52 Å². The molecule has 0 aliphatic carbocycles. The summed E-state index contributed by atoms with van der Waals surface area (Å²) in [6, 6.07) is 10.4. The highest BCUT2D eigenvalue weighted by Crippen LogP contribution is 2.68. The Balaban J connectivity index is 2.47. The Morgan fingerprint density at radius 2 is 1.81 bits per heavy atom. The first kappa shape index (κ1) is 16.7. The van der Waals surface area contributed by atoms with E-state index in [0.29, 0.717) is 0 Å². The maximum atomic E-state index is 13.9. The van der Waals surface area contributed by atoms with E-state index >= 15 is 0 Å². The summed E-state index contributed by atoms with van der Waals surface area (Å²) in [6.07, 6.45) is 1.01. The molecule has 1 saturated heterocycles. The SMILES string of the molecule is CC(C)[C@H](c1ccccc1)[P@@]1(=O)O[C@@H](C)CCN1C(C)C. The van der Waals surface area contributed by atoms with Crippen LogP contribution in [0.5, 0.6) is 0 Å². The van der Waals surface area contributed by atoms with Crippen molar-refractivity contribution in [2.24, 2.45) is 5.92 Å². The Labute approximate surface area is 129 Å². The maximum absolute atomic E-state index is 13.9. The van der Waals surface area contributed by atoms with Gasteiger partial charge in [-0.3, -0.25) is 4.57 Å². The van der Waals surface area contributed by atoms with E-state index in [9.17, 15) is 4.57 Å². The van der Waals surface area contributed by atoms with Gasteiger partial charge in [-0.15, -0.1) is 0 Å². The molecule has 4 heteroatoms. The van der Waals surface area contributed by atoms with Crippen molar-refractivity contribution in [3.05, 3.63) is 35.9 Å². The Morgan fingerprint density at radius 1 is 1.19 bits per heavy atom. The van der Waals surface area contributed by atoms with Gasteiger partial charge in [0.1, 0.15) is 0 Å². The van der Waals surface area contributed by atoms with Crippen LogP contribution in [0.4, 0.5) is 0 Å². The normalized spacial score (nSPS) is 29.0. The van der Waals surface area contributed by atoms with E-state index in [4.69, 9.17) is 4.52 Å². The summed E-state index contributed by atoms with van der Waals surface area (Å²) in [5.74, 6) is 0.268. The minimum absolute atomic E-state index is 0.0656. The van der Waals surface area contributed by atoms with Crippen LogP contribution in [0.2, 0.25) is 0 Å². The van der Waals surface area contributed by atoms with Gasteiger partial charge in [-0.1, -0.05) is 44.2 Å². The topological polar surface area (TPSA) is 29.5 Å². The molecule has 3 nitrogen and oxygen atoms in total. The Hall–Kier alpha value is -0.630. The number of hydrogen-bond donors (Lipinski definition) is 0. The number of benzene rings is 1. The van der Waals surface area contributed by atoms with Crippen LogP contribution in [0.15, 0.2) is 30.3 Å². The van der Waals surface area contributed by atoms with E-state index in [1.54, 1.807) is 0 Å². The zero-order valence-electron chi connectivity index (χ0n) is 13.8. The average Bonchev–Trinajstić information content (AvgIpc) is 2.38. The summed E-state index contributed by atoms with van der Waals surface area (Å²) in [7, 11) is -2.89. The Bertz CT molecular complexity index is 501. The van der Waals surface area contributed by atoms with Gasteiger partial charge in [0.05, 0.1) is 11.8 Å². The first-order chi connectivity index (χ1) is 9.86. The molecule has 3 atom stereocenters. The molecule has 0 amide bonds. The van der Waals surface area contributed by atoms with Crippen LogP contribution in [-0.2, 0) is 9.09 Å². The third-order valence-electron chi connectivity index (χ3n) is 4.17. The lowest BCUT2D eigenvalue weighted by molar-refractivity contribution is 0.120. The van der Waals surface area contributed by atoms with Crippen molar-refractivity contribution in [2.75, 3.05) is 6.54 Å². The fraction of sp³-hybridized carbons (Fsp3) is 0.647. The van der Waals surface area contributed by atoms with Gasteiger partial charge in [0.25, 0.3) is 7.52 Å². The van der Waals surface area contributed by atoms with Gasteiger partial charge >= 0.3 is 0 Å². The van der Waals surface area contributed by atoms with Gasteiger partial charge in [-0.25, -0.2) is 4.67 Å². The minimum atomic E-state index is -2.89. The van der Waals surface area contributed by atoms with Crippen LogP contribution in [0.1, 0.15) is 52.3 Å². The second kappa shape index (κ2) is 6.64. The lowest BCUT2D eigenvalue weighted by atomic mass is 10.0. The molecule has 1 fully saturated rings. The standard InChI is InChI=1S/C17H28NO2P/c1-13(2)17(16-9-7-6-8-10-16)21(19)18(14(3)4)12-11-15(5)20-21/h6-10,13-15,17H,11-12H2,1-5H3/t15-,17+,21+/m0/s1. The van der Waals surface area contributed by atoms with E-state index in [1.165, 1.54) is 0 Å². The van der Waals surface area contributed by atoms with Gasteiger partial charge < -0.3 is 4.52 Å². The third-order valence-corrected chi connectivity index (χ3v) is 7.81. The molecule has 0 unspecified atom stereocenters. The monoisotopic (exact) mass is 309 g/mol. The first-order valence-electron chi connectivity index (χ1n) is 7.96. The number of nitrogens with zero attached hydrogens (tertiary/aromatic N) is 1. The van der Waals surface area contributed by atoms with E-state index in [1.807, 2.05) is 25.1 Å². The fourth-order valence-corrected chi connectivity index (χ4v) is 6.76. The molecule has 1 aliphatic rings. The molecule has 21 heavy (non-hydrogen) atoms. The van der Waals surface area contributed by atoms with E-state index < -0.39 is 7.52 Å². The highest BCUT2D eigenvalue weighted by Gasteiger charge is 2.47. The van der Waals surface area contributed by atoms with Gasteiger partial charge in [-0.2, -0.15) is 0 Å². The summed E-state index contributed by atoms with van der Waals surface area (Å²) in [6.45, 7) is 11.4. The van der Waals surface area contributed by atoms with E-state index in [2.05, 4.69) is 44.5 Å². The quantitative estimate of drug-likeness (QED) is 0.725. The van der Waals surface area contributed by atoms with E-state index in [0.717, 1.165) is 18.5 Å². The van der Waals surface area contributed by atoms with Crippen LogP contribution in [0, 0.1) is 5.92 Å². The summed E-state index contributed by atoms with van der Waals surface area (Å²) in [4.78, 5) is 0. The highest BCUT2D eigenvalue weighted by molar-refractivity contribution is 7.57. The molecule has 2 rings (SSSR count). The highest BCUT2D eigenvalue weighted by atomic mass is 31.2. The second-order valence-electron chi connectivity index (χ2n) is 6.63. The van der Waals surface area contributed by atoms with E-state index in [-0.39, 0.29) is 23.7 Å². The first-order valence-corrected chi connectivity index (χ1v) is 9.61. The second-order valence-corrected chi connectivity index (χ2v) is 9.03. The molecule has 1 heterocycles. The average molecular weight is 309 g/mol. The predicted molar refractivity (Wildman–Crippen MR) is 88.6 cm³/mol. The Kier molecular flexibility index (Phi) is 5.29. The smallest absolute Gasteiger partial charge is 0.280 e. The van der Waals surface area contributed by atoms with Crippen molar-refractivity contribution in [3.8, 4) is 0 Å². The van der Waals surface area contributed by atoms with Crippen molar-refractivity contribution in [3.63, 3.8) is 0 Å². The molecule has 1 aliphatic heterocycles. The lowest BCUT2D eigenvalue weighted by Crippen LogP contribution is -2.39. The fourth-order valence-electron chi connectivity index (χ4n) is 3.23. The van der Waals surface area contributed by atoms with Gasteiger partial charge in [-0.05, 0) is 38.7 Å². The molecule has 0 N–H and O–H groups in total. The van der Waals surface area contributed by atoms with Crippen LogP contribution in [0.3, 0.4) is 0 Å². The lowest BCUT2D eigenvalue weighted by Gasteiger charge is -2.45. The molecular formula is C17H28NO2P. The summed E-state index contributed by atoms with van der Waals surface area (Å²) in [5, 5.41) is 0. The zero-order valence-corrected chi connectivity index (χ0v) is 14.7. The molecule has 0 saturated carbocycles. The van der Waals surface area contributed by atoms with Gasteiger partial charge in [0.15, 0.2) is 0 Å². The van der Waals surface area contributed by atoms with Crippen molar-refractivity contribution < 1.29 is 9.09 Å². The molecule has 0 spiro atoms. The maximum Gasteiger partial charge on any atom is 0.280 e. The molecule has 0 aromatic heterocycles. The largest absolute Gasteiger partial charge is 0.314 e. The van der Waals surface area contributed by atoms with Crippen LogP contribution < -0.4 is 0 Å². The van der Waals surface area contributed by atoms with Crippen molar-refractivity contribution in [1.29, 1.82) is 0 Å². The van der Waals surface area contributed by atoms with Crippen molar-refractivity contribution in [1.82, 2.24) is 4.67 Å². The molecule has 118 valence electrons. The summed E-state index contributed by atoms with van der Waals surface area (Å²) < 4.78 is 22.1. The van der Waals surface area contributed by atoms with Crippen molar-refractivity contribution >= 4 is 7.52 Å². The molecule has 1 aromatic rings. The number of hydrogen-bond acceptors (Lipinski definition) is 2. The molecule has 1 aromatic carbocycles.